The molecular formula is C5H12NO. The Morgan fingerprint density at radius 2 is 2.29 bits per heavy atom. The Balaban J connectivity index is 3.36. The van der Waals surface area contributed by atoms with Gasteiger partial charge in [0.1, 0.15) is 5.72 Å². The molecule has 2 heteroatoms. The molecule has 1 atom stereocenters. The van der Waals surface area contributed by atoms with Gasteiger partial charge < -0.3 is 10.5 Å². The molecule has 0 bridgehead atoms. The molecule has 0 saturated carbocycles. The molecule has 7 heavy (non-hydrogen) atoms. The monoisotopic (exact) mass is 102 g/mol. The zero-order valence-corrected chi connectivity index (χ0v) is 4.90. The Morgan fingerprint density at radius 1 is 1.86 bits per heavy atom. The summed E-state index contributed by atoms with van der Waals surface area (Å²) < 4.78 is 4.75. The van der Waals surface area contributed by atoms with Gasteiger partial charge in [0.05, 0.1) is 0 Å². The Labute approximate surface area is 44.7 Å². The van der Waals surface area contributed by atoms with Crippen LogP contribution in [0.2, 0.25) is 0 Å². The van der Waals surface area contributed by atoms with Crippen molar-refractivity contribution in [3.05, 3.63) is 6.92 Å². The van der Waals surface area contributed by atoms with Crippen molar-refractivity contribution in [2.24, 2.45) is 5.73 Å². The number of methoxy groups -OCH3 is 1. The van der Waals surface area contributed by atoms with Crippen molar-refractivity contribution in [3.63, 3.8) is 0 Å². The summed E-state index contributed by atoms with van der Waals surface area (Å²) in [6.45, 7) is 5.49. The molecule has 0 saturated heterocycles. The number of nitrogens with two attached hydrogens (primary N) is 1. The fourth-order valence-corrected chi connectivity index (χ4v) is 0.144. The summed E-state index contributed by atoms with van der Waals surface area (Å²) in [5.74, 6) is 0. The van der Waals surface area contributed by atoms with E-state index in [0.717, 1.165) is 6.42 Å². The summed E-state index contributed by atoms with van der Waals surface area (Å²) in [6, 6.07) is 0. The molecule has 0 rings (SSSR count). The van der Waals surface area contributed by atoms with Gasteiger partial charge in [-0.2, -0.15) is 0 Å². The molecule has 0 aromatic heterocycles. The lowest BCUT2D eigenvalue weighted by Crippen LogP contribution is -2.37. The minimum Gasteiger partial charge on any atom is -0.364 e. The molecule has 2 N–H and O–H groups in total. The predicted octanol–water partition coefficient (Wildman–Crippen LogP) is 0.532. The van der Waals surface area contributed by atoms with E-state index in [1.54, 1.807) is 7.11 Å². The number of hydrogen-bond donors (Lipinski definition) is 1. The zero-order valence-electron chi connectivity index (χ0n) is 4.90. The molecule has 1 radical (unpaired) electrons. The first kappa shape index (κ1) is 6.92. The lowest BCUT2D eigenvalue weighted by atomic mass is 10.2. The van der Waals surface area contributed by atoms with Gasteiger partial charge in [-0.05, 0) is 13.3 Å². The summed E-state index contributed by atoms with van der Waals surface area (Å²) in [7, 11) is 1.55. The van der Waals surface area contributed by atoms with Crippen LogP contribution < -0.4 is 5.73 Å². The van der Waals surface area contributed by atoms with Crippen molar-refractivity contribution >= 4 is 0 Å². The minimum absolute atomic E-state index is 0.667. The maximum Gasteiger partial charge on any atom is 0.116 e. The van der Waals surface area contributed by atoms with Gasteiger partial charge in [0, 0.05) is 7.11 Å². The van der Waals surface area contributed by atoms with Crippen molar-refractivity contribution in [2.75, 3.05) is 7.11 Å². The summed E-state index contributed by atoms with van der Waals surface area (Å²) in [6.07, 6.45) is 0.740. The smallest absolute Gasteiger partial charge is 0.116 e. The van der Waals surface area contributed by atoms with E-state index in [-0.39, 0.29) is 0 Å². The first-order valence-electron chi connectivity index (χ1n) is 2.32. The third kappa shape index (κ3) is 2.60. The lowest BCUT2D eigenvalue weighted by molar-refractivity contribution is 0.0321. The second-order valence-corrected chi connectivity index (χ2v) is 1.62. The average Bonchev–Trinajstić information content (AvgIpc) is 1.68. The van der Waals surface area contributed by atoms with E-state index in [1.807, 2.05) is 6.92 Å². The van der Waals surface area contributed by atoms with Crippen LogP contribution in [0.1, 0.15) is 13.3 Å². The normalized spacial score (nSPS) is 18.9. The van der Waals surface area contributed by atoms with Crippen LogP contribution in [-0.4, -0.2) is 12.8 Å². The summed E-state index contributed by atoms with van der Waals surface area (Å²) >= 11 is 0. The Morgan fingerprint density at radius 3 is 2.29 bits per heavy atom. The minimum atomic E-state index is -0.667. The van der Waals surface area contributed by atoms with E-state index in [2.05, 4.69) is 6.92 Å². The average molecular weight is 102 g/mol. The van der Waals surface area contributed by atoms with Crippen molar-refractivity contribution in [1.29, 1.82) is 0 Å². The van der Waals surface area contributed by atoms with Gasteiger partial charge >= 0.3 is 0 Å². The molecule has 0 aromatic rings. The van der Waals surface area contributed by atoms with Crippen LogP contribution in [0, 0.1) is 6.92 Å². The van der Waals surface area contributed by atoms with Crippen molar-refractivity contribution in [2.45, 2.75) is 19.1 Å². The summed E-state index contributed by atoms with van der Waals surface area (Å²) in [5.41, 5.74) is 4.72. The van der Waals surface area contributed by atoms with Crippen LogP contribution in [-0.2, 0) is 4.74 Å². The molecular weight excluding hydrogens is 90.1 g/mol. The molecule has 0 aliphatic carbocycles. The van der Waals surface area contributed by atoms with Crippen LogP contribution >= 0.6 is 0 Å². The van der Waals surface area contributed by atoms with Crippen LogP contribution in [0.15, 0.2) is 0 Å². The van der Waals surface area contributed by atoms with E-state index in [4.69, 9.17) is 10.5 Å². The molecule has 0 aromatic carbocycles. The second kappa shape index (κ2) is 2.28. The molecule has 0 fully saturated rings. The van der Waals surface area contributed by atoms with E-state index in [0.29, 0.717) is 0 Å². The summed E-state index contributed by atoms with van der Waals surface area (Å²) in [4.78, 5) is 0. The molecule has 1 unspecified atom stereocenters. The van der Waals surface area contributed by atoms with Gasteiger partial charge in [0.15, 0.2) is 0 Å². The first-order chi connectivity index (χ1) is 3.12. The number of rotatable bonds is 2. The largest absolute Gasteiger partial charge is 0.364 e. The van der Waals surface area contributed by atoms with E-state index < -0.39 is 5.72 Å². The van der Waals surface area contributed by atoms with Crippen LogP contribution in [0.3, 0.4) is 0 Å². The molecule has 0 spiro atoms. The zero-order chi connectivity index (χ0) is 5.91. The third-order valence-corrected chi connectivity index (χ3v) is 1.00. The molecule has 0 heterocycles. The standard InChI is InChI=1S/C5H12NO/c1-4-5(2,6)7-3/h2,4,6H2,1,3H3. The highest BCUT2D eigenvalue weighted by atomic mass is 16.5. The fraction of sp³-hybridized carbons (Fsp3) is 0.800. The quantitative estimate of drug-likeness (QED) is 0.516. The van der Waals surface area contributed by atoms with Gasteiger partial charge in [-0.3, -0.25) is 0 Å². The highest BCUT2D eigenvalue weighted by Crippen LogP contribution is 2.01. The Kier molecular flexibility index (Phi) is 2.26. The molecule has 0 amide bonds. The topological polar surface area (TPSA) is 35.2 Å². The maximum absolute atomic E-state index is 5.38. The fourth-order valence-electron chi connectivity index (χ4n) is 0.144. The van der Waals surface area contributed by atoms with E-state index >= 15 is 0 Å². The maximum atomic E-state index is 5.38. The SMILES string of the molecule is [CH2]C(N)(CC)OC. The molecule has 0 aliphatic rings. The molecule has 43 valence electrons. The highest BCUT2D eigenvalue weighted by molar-refractivity contribution is 4.71. The van der Waals surface area contributed by atoms with Crippen molar-refractivity contribution in [1.82, 2.24) is 0 Å². The van der Waals surface area contributed by atoms with Gasteiger partial charge in [0.25, 0.3) is 0 Å². The van der Waals surface area contributed by atoms with E-state index in [1.165, 1.54) is 0 Å². The van der Waals surface area contributed by atoms with Gasteiger partial charge in [0.2, 0.25) is 0 Å². The number of ether oxygens (including phenoxy) is 1. The summed E-state index contributed by atoms with van der Waals surface area (Å²) in [5, 5.41) is 0. The van der Waals surface area contributed by atoms with Gasteiger partial charge in [-0.15, -0.1) is 0 Å². The predicted molar refractivity (Wildman–Crippen MR) is 29.6 cm³/mol. The van der Waals surface area contributed by atoms with Crippen molar-refractivity contribution in [3.8, 4) is 0 Å². The van der Waals surface area contributed by atoms with Crippen LogP contribution in [0.25, 0.3) is 0 Å². The van der Waals surface area contributed by atoms with E-state index in [9.17, 15) is 0 Å². The molecule has 0 aliphatic heterocycles. The van der Waals surface area contributed by atoms with Crippen LogP contribution in [0.4, 0.5) is 0 Å². The lowest BCUT2D eigenvalue weighted by Gasteiger charge is -2.19. The Bertz CT molecular complexity index is 46.0. The second-order valence-electron chi connectivity index (χ2n) is 1.62. The first-order valence-corrected chi connectivity index (χ1v) is 2.32. The van der Waals surface area contributed by atoms with Gasteiger partial charge in [-0.1, -0.05) is 6.92 Å². The Hall–Kier alpha value is -0.0800. The van der Waals surface area contributed by atoms with Gasteiger partial charge in [-0.25, -0.2) is 0 Å². The number of hydrogen-bond acceptors (Lipinski definition) is 2. The van der Waals surface area contributed by atoms with Crippen molar-refractivity contribution < 1.29 is 4.74 Å². The highest BCUT2D eigenvalue weighted by Gasteiger charge is 2.11. The van der Waals surface area contributed by atoms with Crippen LogP contribution in [0.5, 0.6) is 0 Å². The third-order valence-electron chi connectivity index (χ3n) is 1.00. The molecule has 2 nitrogen and oxygen atoms in total.